The second kappa shape index (κ2) is 8.69. The molecule has 27 heavy (non-hydrogen) atoms. The van der Waals surface area contributed by atoms with Gasteiger partial charge in [0.25, 0.3) is 0 Å². The van der Waals surface area contributed by atoms with Crippen LogP contribution in [0.15, 0.2) is 46.8 Å². The topological polar surface area (TPSA) is 67.2 Å². The first-order valence-electron chi connectivity index (χ1n) is 8.91. The summed E-state index contributed by atoms with van der Waals surface area (Å²) in [6.07, 6.45) is 1.46. The summed E-state index contributed by atoms with van der Waals surface area (Å²) < 4.78 is 1.88. The number of hydrogen-bond acceptors (Lipinski definition) is 4. The van der Waals surface area contributed by atoms with Gasteiger partial charge < -0.3 is 14.6 Å². The van der Waals surface area contributed by atoms with E-state index in [1.54, 1.807) is 6.07 Å². The summed E-state index contributed by atoms with van der Waals surface area (Å²) in [6.45, 7) is 8.02. The lowest BCUT2D eigenvalue weighted by Crippen LogP contribution is -3.11. The molecular formula is C19H22Cl2N5O+. The number of pyridine rings is 1. The largest absolute Gasteiger partial charge is 0.493 e. The van der Waals surface area contributed by atoms with Crippen LogP contribution in [0.4, 0.5) is 11.5 Å². The molecule has 0 aliphatic heterocycles. The Bertz CT molecular complexity index is 966. The van der Waals surface area contributed by atoms with E-state index in [1.807, 2.05) is 28.8 Å². The number of aromatic nitrogens is 2. The van der Waals surface area contributed by atoms with Gasteiger partial charge in [-0.15, -0.1) is 10.2 Å². The third kappa shape index (κ3) is 4.24. The van der Waals surface area contributed by atoms with Crippen molar-refractivity contribution in [3.05, 3.63) is 46.6 Å². The van der Waals surface area contributed by atoms with E-state index >= 15 is 0 Å². The molecule has 0 bridgehead atoms. The van der Waals surface area contributed by atoms with Crippen LogP contribution >= 0.6 is 23.2 Å². The summed E-state index contributed by atoms with van der Waals surface area (Å²) in [6, 6.07) is 9.30. The number of hydrogen-bond donors (Lipinski definition) is 2. The maximum atomic E-state index is 10.8. The summed E-state index contributed by atoms with van der Waals surface area (Å²) in [7, 11) is 0. The fourth-order valence-corrected chi connectivity index (χ4v) is 3.47. The van der Waals surface area contributed by atoms with Crippen LogP contribution in [0.25, 0.3) is 10.9 Å². The molecule has 3 aromatic rings. The number of nitrogens with zero attached hydrogens (tertiary/aromatic N) is 4. The van der Waals surface area contributed by atoms with Crippen LogP contribution in [0.5, 0.6) is 5.88 Å². The SMILES string of the molecule is CC[NH+](CC)CCn1c(O)c(N=Nc2ncc(Cl)cc2Cl)c2ccccc21. The van der Waals surface area contributed by atoms with E-state index < -0.39 is 0 Å². The van der Waals surface area contributed by atoms with Crippen molar-refractivity contribution in [1.82, 2.24) is 9.55 Å². The quantitative estimate of drug-likeness (QED) is 0.571. The van der Waals surface area contributed by atoms with Gasteiger partial charge in [0.2, 0.25) is 5.88 Å². The molecule has 0 spiro atoms. The Morgan fingerprint density at radius 2 is 1.89 bits per heavy atom. The van der Waals surface area contributed by atoms with E-state index in [-0.39, 0.29) is 11.7 Å². The van der Waals surface area contributed by atoms with Gasteiger partial charge in [-0.2, -0.15) is 0 Å². The molecule has 1 aromatic carbocycles. The van der Waals surface area contributed by atoms with Crippen molar-refractivity contribution in [2.75, 3.05) is 19.6 Å². The minimum Gasteiger partial charge on any atom is -0.493 e. The molecule has 2 N–H and O–H groups in total. The summed E-state index contributed by atoms with van der Waals surface area (Å²) in [5, 5.41) is 20.7. The number of quaternary nitrogens is 1. The van der Waals surface area contributed by atoms with E-state index in [4.69, 9.17) is 23.2 Å². The zero-order valence-corrected chi connectivity index (χ0v) is 16.8. The number of benzene rings is 1. The van der Waals surface area contributed by atoms with E-state index in [2.05, 4.69) is 29.1 Å². The van der Waals surface area contributed by atoms with Crippen LogP contribution in [0, 0.1) is 0 Å². The second-order valence-electron chi connectivity index (χ2n) is 6.21. The second-order valence-corrected chi connectivity index (χ2v) is 7.05. The van der Waals surface area contributed by atoms with Crippen LogP contribution in [-0.4, -0.2) is 34.3 Å². The third-order valence-electron chi connectivity index (χ3n) is 4.64. The zero-order valence-electron chi connectivity index (χ0n) is 15.3. The molecule has 3 rings (SSSR count). The summed E-state index contributed by atoms with van der Waals surface area (Å²) >= 11 is 12.0. The molecular weight excluding hydrogens is 385 g/mol. The van der Waals surface area contributed by atoms with Crippen LogP contribution < -0.4 is 4.90 Å². The number of para-hydroxylation sites is 1. The molecule has 0 aliphatic rings. The van der Waals surface area contributed by atoms with E-state index in [0.29, 0.717) is 22.3 Å². The van der Waals surface area contributed by atoms with Gasteiger partial charge in [-0.1, -0.05) is 41.4 Å². The number of azo groups is 1. The first-order valence-corrected chi connectivity index (χ1v) is 9.67. The molecule has 2 aromatic heterocycles. The Balaban J connectivity index is 1.98. The molecule has 0 radical (unpaired) electrons. The minimum atomic E-state index is 0.0941. The van der Waals surface area contributed by atoms with Crippen molar-refractivity contribution in [3.63, 3.8) is 0 Å². The van der Waals surface area contributed by atoms with Crippen molar-refractivity contribution >= 4 is 45.6 Å². The van der Waals surface area contributed by atoms with E-state index in [1.165, 1.54) is 11.1 Å². The molecule has 2 heterocycles. The van der Waals surface area contributed by atoms with Gasteiger partial charge in [-0.3, -0.25) is 0 Å². The predicted octanol–water partition coefficient (Wildman–Crippen LogP) is 4.39. The van der Waals surface area contributed by atoms with E-state index in [0.717, 1.165) is 30.5 Å². The monoisotopic (exact) mass is 406 g/mol. The van der Waals surface area contributed by atoms with Gasteiger partial charge in [-0.05, 0) is 26.0 Å². The standard InChI is InChI=1S/C19H21Cl2N5O/c1-3-25(4-2)9-10-26-16-8-6-5-7-14(16)17(19(26)27)23-24-18-15(21)11-13(20)12-22-18/h5-8,11-12,27H,3-4,9-10H2,1-2H3/p+1. The molecule has 8 heteroatoms. The lowest BCUT2D eigenvalue weighted by atomic mass is 10.2. The van der Waals surface area contributed by atoms with Gasteiger partial charge in [-0.25, -0.2) is 4.98 Å². The van der Waals surface area contributed by atoms with Crippen molar-refractivity contribution in [1.29, 1.82) is 0 Å². The van der Waals surface area contributed by atoms with Crippen LogP contribution in [0.3, 0.4) is 0 Å². The van der Waals surface area contributed by atoms with Crippen molar-refractivity contribution in [3.8, 4) is 5.88 Å². The number of nitrogens with one attached hydrogen (secondary N) is 1. The smallest absolute Gasteiger partial charge is 0.220 e. The highest BCUT2D eigenvalue weighted by Gasteiger charge is 2.17. The molecule has 6 nitrogen and oxygen atoms in total. The van der Waals surface area contributed by atoms with Crippen molar-refractivity contribution < 1.29 is 10.0 Å². The maximum Gasteiger partial charge on any atom is 0.220 e. The number of halogens is 2. The third-order valence-corrected chi connectivity index (χ3v) is 5.12. The lowest BCUT2D eigenvalue weighted by molar-refractivity contribution is -0.897. The average Bonchev–Trinajstić information content (AvgIpc) is 2.93. The summed E-state index contributed by atoms with van der Waals surface area (Å²) in [5.74, 6) is 0.349. The van der Waals surface area contributed by atoms with Gasteiger partial charge in [0, 0.05) is 11.6 Å². The highest BCUT2D eigenvalue weighted by molar-refractivity contribution is 6.35. The van der Waals surface area contributed by atoms with Crippen LogP contribution in [-0.2, 0) is 6.54 Å². The van der Waals surface area contributed by atoms with Crippen LogP contribution in [0.1, 0.15) is 13.8 Å². The molecule has 0 amide bonds. The fraction of sp³-hybridized carbons (Fsp3) is 0.316. The maximum absolute atomic E-state index is 10.8. The van der Waals surface area contributed by atoms with Crippen molar-refractivity contribution in [2.45, 2.75) is 20.4 Å². The summed E-state index contributed by atoms with van der Waals surface area (Å²) in [5.41, 5.74) is 1.33. The summed E-state index contributed by atoms with van der Waals surface area (Å²) in [4.78, 5) is 5.54. The molecule has 142 valence electrons. The molecule has 0 atom stereocenters. The minimum absolute atomic E-state index is 0.0941. The molecule has 0 saturated heterocycles. The lowest BCUT2D eigenvalue weighted by Gasteiger charge is -2.16. The van der Waals surface area contributed by atoms with E-state index in [9.17, 15) is 5.11 Å². The van der Waals surface area contributed by atoms with Gasteiger partial charge in [0.1, 0.15) is 0 Å². The molecule has 0 unspecified atom stereocenters. The Morgan fingerprint density at radius 1 is 1.15 bits per heavy atom. The Hall–Kier alpha value is -2.15. The molecule has 0 aliphatic carbocycles. The fourth-order valence-electron chi connectivity index (χ4n) is 3.05. The number of aromatic hydroxyl groups is 1. The van der Waals surface area contributed by atoms with Gasteiger partial charge in [0.05, 0.1) is 41.7 Å². The highest BCUT2D eigenvalue weighted by atomic mass is 35.5. The average molecular weight is 407 g/mol. The zero-order chi connectivity index (χ0) is 19.4. The number of rotatable bonds is 7. The Labute approximate surface area is 168 Å². The van der Waals surface area contributed by atoms with Crippen molar-refractivity contribution in [2.24, 2.45) is 10.2 Å². The molecule has 0 fully saturated rings. The first-order chi connectivity index (χ1) is 13.0. The predicted molar refractivity (Wildman–Crippen MR) is 109 cm³/mol. The number of fused-ring (bicyclic) bond motifs is 1. The Kier molecular flexibility index (Phi) is 6.31. The number of likely N-dealkylation sites (N-methyl/N-ethyl adjacent to an activating group) is 1. The van der Waals surface area contributed by atoms with Crippen LogP contribution in [0.2, 0.25) is 10.0 Å². The highest BCUT2D eigenvalue weighted by Crippen LogP contribution is 2.39. The van der Waals surface area contributed by atoms with Gasteiger partial charge >= 0.3 is 0 Å². The molecule has 0 saturated carbocycles. The normalized spacial score (nSPS) is 11.9. The van der Waals surface area contributed by atoms with Gasteiger partial charge in [0.15, 0.2) is 11.5 Å². The first kappa shape index (κ1) is 19.6. The Morgan fingerprint density at radius 3 is 2.59 bits per heavy atom.